The average Bonchev–Trinajstić information content (AvgIpc) is 2.87. The second kappa shape index (κ2) is 10.5. The maximum absolute atomic E-state index is 13.2. The number of amides is 1. The molecule has 0 unspecified atom stereocenters. The molecule has 33 heavy (non-hydrogen) atoms. The molecule has 1 saturated heterocycles. The topological polar surface area (TPSA) is 82.2 Å². The quantitative estimate of drug-likeness (QED) is 0.564. The number of morpholine rings is 1. The van der Waals surface area contributed by atoms with E-state index in [1.165, 1.54) is 0 Å². The van der Waals surface area contributed by atoms with Crippen LogP contribution in [0.3, 0.4) is 0 Å². The van der Waals surface area contributed by atoms with Gasteiger partial charge in [-0.05, 0) is 24.3 Å². The molecule has 0 saturated carbocycles. The monoisotopic (exact) mass is 451 g/mol. The number of rotatable bonds is 8. The number of nitrogens with one attached hydrogen (secondary N) is 1. The zero-order chi connectivity index (χ0) is 23.2. The number of pyridine rings is 1. The van der Waals surface area contributed by atoms with Crippen LogP contribution in [-0.2, 0) is 4.74 Å². The highest BCUT2D eigenvalue weighted by atomic mass is 16.5. The Bertz CT molecular complexity index is 1100. The summed E-state index contributed by atoms with van der Waals surface area (Å²) in [6.45, 7) is 4.60. The van der Waals surface area contributed by atoms with Crippen LogP contribution in [-0.4, -0.2) is 76.5 Å². The molecule has 1 aliphatic heterocycles. The SMILES string of the molecule is COc1cc(-c2cc(C(=O)NCCN3CCOCC3)c3ccccc3n2)cc(OC)c1OC. The molecule has 8 nitrogen and oxygen atoms in total. The Morgan fingerprint density at radius 3 is 2.39 bits per heavy atom. The van der Waals surface area contributed by atoms with Crippen molar-refractivity contribution in [3.05, 3.63) is 48.0 Å². The Kier molecular flexibility index (Phi) is 7.26. The predicted molar refractivity (Wildman–Crippen MR) is 126 cm³/mol. The van der Waals surface area contributed by atoms with Gasteiger partial charge in [0.1, 0.15) is 0 Å². The number of methoxy groups -OCH3 is 3. The molecule has 2 aromatic carbocycles. The molecule has 0 atom stereocenters. The van der Waals surface area contributed by atoms with E-state index in [0.717, 1.165) is 49.3 Å². The smallest absolute Gasteiger partial charge is 0.252 e. The van der Waals surface area contributed by atoms with Crippen molar-refractivity contribution in [2.24, 2.45) is 0 Å². The van der Waals surface area contributed by atoms with E-state index < -0.39 is 0 Å². The molecule has 0 bridgehead atoms. The minimum Gasteiger partial charge on any atom is -0.493 e. The van der Waals surface area contributed by atoms with Crippen molar-refractivity contribution in [3.63, 3.8) is 0 Å². The number of aromatic nitrogens is 1. The van der Waals surface area contributed by atoms with E-state index >= 15 is 0 Å². The summed E-state index contributed by atoms with van der Waals surface area (Å²) < 4.78 is 21.8. The molecular formula is C25H29N3O5. The molecule has 0 radical (unpaired) electrons. The predicted octanol–water partition coefficient (Wildman–Crippen LogP) is 2.99. The number of para-hydroxylation sites is 1. The number of benzene rings is 2. The van der Waals surface area contributed by atoms with Crippen LogP contribution in [0.1, 0.15) is 10.4 Å². The Balaban J connectivity index is 1.66. The Hall–Kier alpha value is -3.36. The minimum absolute atomic E-state index is 0.129. The lowest BCUT2D eigenvalue weighted by molar-refractivity contribution is 0.0383. The second-order valence-electron chi connectivity index (χ2n) is 7.70. The number of carbonyl (C=O) groups is 1. The molecule has 1 amide bonds. The lowest BCUT2D eigenvalue weighted by atomic mass is 10.0. The van der Waals surface area contributed by atoms with Crippen molar-refractivity contribution < 1.29 is 23.7 Å². The summed E-state index contributed by atoms with van der Waals surface area (Å²) in [5, 5.41) is 3.87. The molecule has 2 heterocycles. The number of ether oxygens (including phenoxy) is 4. The van der Waals surface area contributed by atoms with Crippen molar-refractivity contribution in [2.45, 2.75) is 0 Å². The fraction of sp³-hybridized carbons (Fsp3) is 0.360. The largest absolute Gasteiger partial charge is 0.493 e. The first-order valence-electron chi connectivity index (χ1n) is 10.9. The lowest BCUT2D eigenvalue weighted by Gasteiger charge is -2.26. The summed E-state index contributed by atoms with van der Waals surface area (Å²) in [5.74, 6) is 1.43. The molecule has 8 heteroatoms. The zero-order valence-electron chi connectivity index (χ0n) is 19.2. The van der Waals surface area contributed by atoms with Crippen LogP contribution in [0, 0.1) is 0 Å². The van der Waals surface area contributed by atoms with Gasteiger partial charge in [0.2, 0.25) is 5.75 Å². The normalized spacial score (nSPS) is 14.2. The molecule has 4 rings (SSSR count). The second-order valence-corrected chi connectivity index (χ2v) is 7.70. The van der Waals surface area contributed by atoms with Crippen LogP contribution in [0.15, 0.2) is 42.5 Å². The first kappa shape index (κ1) is 22.8. The fourth-order valence-electron chi connectivity index (χ4n) is 3.99. The Morgan fingerprint density at radius 2 is 1.73 bits per heavy atom. The highest BCUT2D eigenvalue weighted by Gasteiger charge is 2.18. The van der Waals surface area contributed by atoms with Crippen molar-refractivity contribution in [1.82, 2.24) is 15.2 Å². The van der Waals surface area contributed by atoms with Crippen LogP contribution in [0.4, 0.5) is 0 Å². The van der Waals surface area contributed by atoms with E-state index in [2.05, 4.69) is 10.2 Å². The summed E-state index contributed by atoms with van der Waals surface area (Å²) in [5.41, 5.74) is 2.72. The highest BCUT2D eigenvalue weighted by molar-refractivity contribution is 6.07. The Labute approximate surface area is 193 Å². The molecule has 1 N–H and O–H groups in total. The third-order valence-electron chi connectivity index (χ3n) is 5.74. The van der Waals surface area contributed by atoms with Gasteiger partial charge in [-0.1, -0.05) is 18.2 Å². The van der Waals surface area contributed by atoms with Gasteiger partial charge in [0.05, 0.1) is 51.3 Å². The fourth-order valence-corrected chi connectivity index (χ4v) is 3.99. The molecular weight excluding hydrogens is 422 g/mol. The van der Waals surface area contributed by atoms with Crippen LogP contribution in [0.25, 0.3) is 22.2 Å². The van der Waals surface area contributed by atoms with Crippen LogP contribution < -0.4 is 19.5 Å². The summed E-state index contributed by atoms with van der Waals surface area (Å²) >= 11 is 0. The summed E-state index contributed by atoms with van der Waals surface area (Å²) in [6, 6.07) is 13.1. The number of carbonyl (C=O) groups excluding carboxylic acids is 1. The molecule has 1 aromatic heterocycles. The van der Waals surface area contributed by atoms with Crippen molar-refractivity contribution >= 4 is 16.8 Å². The lowest BCUT2D eigenvalue weighted by Crippen LogP contribution is -2.41. The van der Waals surface area contributed by atoms with Crippen molar-refractivity contribution in [3.8, 4) is 28.5 Å². The number of fused-ring (bicyclic) bond motifs is 1. The molecule has 3 aromatic rings. The standard InChI is InChI=1S/C25H29N3O5/c1-30-22-14-17(15-23(31-2)24(22)32-3)21-16-19(18-6-4-5-7-20(18)27-21)25(29)26-8-9-28-10-12-33-13-11-28/h4-7,14-16H,8-13H2,1-3H3,(H,26,29). The summed E-state index contributed by atoms with van der Waals surface area (Å²) in [4.78, 5) is 20.3. The maximum atomic E-state index is 13.2. The number of nitrogens with zero attached hydrogens (tertiary/aromatic N) is 2. The minimum atomic E-state index is -0.129. The van der Waals surface area contributed by atoms with Gasteiger partial charge in [0, 0.05) is 37.1 Å². The summed E-state index contributed by atoms with van der Waals surface area (Å²) in [7, 11) is 4.71. The van der Waals surface area contributed by atoms with Gasteiger partial charge in [-0.25, -0.2) is 4.98 Å². The van der Waals surface area contributed by atoms with Crippen molar-refractivity contribution in [2.75, 3.05) is 60.7 Å². The highest BCUT2D eigenvalue weighted by Crippen LogP contribution is 2.41. The van der Waals surface area contributed by atoms with Crippen molar-refractivity contribution in [1.29, 1.82) is 0 Å². The third-order valence-corrected chi connectivity index (χ3v) is 5.74. The molecule has 1 fully saturated rings. The van der Waals surface area contributed by atoms with Gasteiger partial charge >= 0.3 is 0 Å². The Morgan fingerprint density at radius 1 is 1.03 bits per heavy atom. The van der Waals surface area contributed by atoms with E-state index in [-0.39, 0.29) is 5.91 Å². The van der Waals surface area contributed by atoms with Crippen LogP contribution in [0.2, 0.25) is 0 Å². The zero-order valence-corrected chi connectivity index (χ0v) is 19.2. The third kappa shape index (κ3) is 5.02. The number of hydrogen-bond acceptors (Lipinski definition) is 7. The van der Waals surface area contributed by atoms with Gasteiger partial charge in [0.15, 0.2) is 11.5 Å². The average molecular weight is 452 g/mol. The van der Waals surface area contributed by atoms with Gasteiger partial charge in [-0.15, -0.1) is 0 Å². The summed E-state index contributed by atoms with van der Waals surface area (Å²) in [6.07, 6.45) is 0. The van der Waals surface area contributed by atoms with Gasteiger partial charge in [-0.2, -0.15) is 0 Å². The molecule has 1 aliphatic rings. The van der Waals surface area contributed by atoms with E-state index in [9.17, 15) is 4.79 Å². The maximum Gasteiger partial charge on any atom is 0.252 e. The van der Waals surface area contributed by atoms with E-state index in [4.69, 9.17) is 23.9 Å². The van der Waals surface area contributed by atoms with Crippen LogP contribution >= 0.6 is 0 Å². The van der Waals surface area contributed by atoms with E-state index in [1.54, 1.807) is 21.3 Å². The van der Waals surface area contributed by atoms with E-state index in [1.807, 2.05) is 42.5 Å². The van der Waals surface area contributed by atoms with Gasteiger partial charge in [-0.3, -0.25) is 9.69 Å². The molecule has 0 spiro atoms. The number of hydrogen-bond donors (Lipinski definition) is 1. The van der Waals surface area contributed by atoms with Crippen LogP contribution in [0.5, 0.6) is 17.2 Å². The van der Waals surface area contributed by atoms with Gasteiger partial charge < -0.3 is 24.3 Å². The molecule has 174 valence electrons. The first-order chi connectivity index (χ1) is 16.1. The van der Waals surface area contributed by atoms with E-state index in [0.29, 0.717) is 35.1 Å². The van der Waals surface area contributed by atoms with Gasteiger partial charge in [0.25, 0.3) is 5.91 Å². The first-order valence-corrected chi connectivity index (χ1v) is 10.9. The molecule has 0 aliphatic carbocycles.